The minimum absolute atomic E-state index is 0.432. The summed E-state index contributed by atoms with van der Waals surface area (Å²) in [5.41, 5.74) is 1.83. The van der Waals surface area contributed by atoms with Crippen molar-refractivity contribution in [2.75, 3.05) is 13.1 Å². The van der Waals surface area contributed by atoms with Gasteiger partial charge in [0.2, 0.25) is 0 Å². The Morgan fingerprint density at radius 3 is 3.19 bits per heavy atom. The Labute approximate surface area is 98.7 Å². The lowest BCUT2D eigenvalue weighted by Crippen LogP contribution is -2.28. The second-order valence-corrected chi connectivity index (χ2v) is 4.49. The summed E-state index contributed by atoms with van der Waals surface area (Å²) in [7, 11) is 0. The van der Waals surface area contributed by atoms with Crippen LogP contribution in [-0.4, -0.2) is 27.5 Å². The summed E-state index contributed by atoms with van der Waals surface area (Å²) < 4.78 is 1.89. The molecule has 3 heterocycles. The summed E-state index contributed by atoms with van der Waals surface area (Å²) in [5, 5.41) is 4.11. The van der Waals surface area contributed by atoms with Gasteiger partial charge in [-0.2, -0.15) is 0 Å². The molecule has 1 saturated heterocycles. The van der Waals surface area contributed by atoms with Crippen LogP contribution in [0, 0.1) is 0 Å². The molecule has 2 aromatic heterocycles. The van der Waals surface area contributed by atoms with Crippen molar-refractivity contribution in [3.05, 3.63) is 29.4 Å². The fraction of sp³-hybridized carbons (Fsp3) is 0.455. The van der Waals surface area contributed by atoms with E-state index in [9.17, 15) is 0 Å². The molecule has 0 aromatic carbocycles. The van der Waals surface area contributed by atoms with E-state index in [0.717, 1.165) is 36.0 Å². The lowest BCUT2D eigenvalue weighted by molar-refractivity contribution is 0.456. The molecular formula is C11H13ClN4. The standard InChI is InChI=1S/C11H13ClN4/c12-11-10(8-2-1-3-13-6-8)15-9-7-14-4-5-16(9)11/h4-5,7-8,13H,1-3,6H2. The van der Waals surface area contributed by atoms with Crippen LogP contribution in [0.15, 0.2) is 18.6 Å². The van der Waals surface area contributed by atoms with Crippen molar-refractivity contribution in [1.29, 1.82) is 0 Å². The molecule has 1 atom stereocenters. The molecule has 4 nitrogen and oxygen atoms in total. The van der Waals surface area contributed by atoms with E-state index in [4.69, 9.17) is 11.6 Å². The number of hydrogen-bond donors (Lipinski definition) is 1. The highest BCUT2D eigenvalue weighted by Crippen LogP contribution is 2.29. The third-order valence-corrected chi connectivity index (χ3v) is 3.46. The minimum Gasteiger partial charge on any atom is -0.316 e. The number of halogens is 1. The van der Waals surface area contributed by atoms with Gasteiger partial charge in [0.25, 0.3) is 0 Å². The molecule has 1 unspecified atom stereocenters. The van der Waals surface area contributed by atoms with Crippen molar-refractivity contribution >= 4 is 17.2 Å². The van der Waals surface area contributed by atoms with E-state index in [1.165, 1.54) is 6.42 Å². The third-order valence-electron chi connectivity index (χ3n) is 3.08. The summed E-state index contributed by atoms with van der Waals surface area (Å²) in [6.45, 7) is 2.07. The highest BCUT2D eigenvalue weighted by atomic mass is 35.5. The molecule has 0 saturated carbocycles. The van der Waals surface area contributed by atoms with Gasteiger partial charge in [-0.3, -0.25) is 9.38 Å². The van der Waals surface area contributed by atoms with Gasteiger partial charge in [-0.15, -0.1) is 0 Å². The number of imidazole rings is 1. The van der Waals surface area contributed by atoms with Crippen molar-refractivity contribution < 1.29 is 0 Å². The smallest absolute Gasteiger partial charge is 0.156 e. The zero-order valence-electron chi connectivity index (χ0n) is 8.86. The first-order valence-corrected chi connectivity index (χ1v) is 5.92. The van der Waals surface area contributed by atoms with Crippen molar-refractivity contribution in [1.82, 2.24) is 19.7 Å². The predicted molar refractivity (Wildman–Crippen MR) is 62.8 cm³/mol. The SMILES string of the molecule is Clc1c(C2CCCNC2)nc2cnccn12. The average Bonchev–Trinajstić information content (AvgIpc) is 2.69. The molecule has 0 bridgehead atoms. The molecule has 3 rings (SSSR count). The van der Waals surface area contributed by atoms with Crippen molar-refractivity contribution in [3.63, 3.8) is 0 Å². The number of piperidine rings is 1. The Hall–Kier alpha value is -1.13. The van der Waals surface area contributed by atoms with Gasteiger partial charge in [-0.25, -0.2) is 4.98 Å². The maximum Gasteiger partial charge on any atom is 0.156 e. The van der Waals surface area contributed by atoms with Crippen LogP contribution in [0.25, 0.3) is 5.65 Å². The molecule has 1 fully saturated rings. The van der Waals surface area contributed by atoms with E-state index in [1.807, 2.05) is 10.6 Å². The van der Waals surface area contributed by atoms with Gasteiger partial charge in [0, 0.05) is 24.9 Å². The molecule has 0 spiro atoms. The summed E-state index contributed by atoms with van der Waals surface area (Å²) in [5.74, 6) is 0.432. The molecule has 1 aliphatic heterocycles. The van der Waals surface area contributed by atoms with Crippen molar-refractivity contribution in [2.45, 2.75) is 18.8 Å². The Morgan fingerprint density at radius 2 is 2.44 bits per heavy atom. The zero-order valence-corrected chi connectivity index (χ0v) is 9.61. The quantitative estimate of drug-likeness (QED) is 0.822. The largest absolute Gasteiger partial charge is 0.316 e. The number of nitrogens with one attached hydrogen (secondary N) is 1. The predicted octanol–water partition coefficient (Wildman–Crippen LogP) is 1.85. The summed E-state index contributed by atoms with van der Waals surface area (Å²) in [6.07, 6.45) is 7.66. The molecule has 1 aliphatic rings. The third kappa shape index (κ3) is 1.58. The molecule has 16 heavy (non-hydrogen) atoms. The molecule has 5 heteroatoms. The molecule has 84 valence electrons. The summed E-state index contributed by atoms with van der Waals surface area (Å²) in [6, 6.07) is 0. The van der Waals surface area contributed by atoms with Gasteiger partial charge in [0.1, 0.15) is 5.15 Å². The monoisotopic (exact) mass is 236 g/mol. The second-order valence-electron chi connectivity index (χ2n) is 4.14. The van der Waals surface area contributed by atoms with Crippen LogP contribution in [-0.2, 0) is 0 Å². The number of rotatable bonds is 1. The summed E-state index contributed by atoms with van der Waals surface area (Å²) >= 11 is 6.34. The Morgan fingerprint density at radius 1 is 1.50 bits per heavy atom. The molecular weight excluding hydrogens is 224 g/mol. The van der Waals surface area contributed by atoms with Gasteiger partial charge < -0.3 is 5.32 Å². The van der Waals surface area contributed by atoms with Crippen molar-refractivity contribution in [3.8, 4) is 0 Å². The molecule has 0 amide bonds. The Bertz CT molecular complexity index is 502. The highest BCUT2D eigenvalue weighted by Gasteiger charge is 2.21. The number of hydrogen-bond acceptors (Lipinski definition) is 3. The van der Waals surface area contributed by atoms with Crippen LogP contribution in [0.1, 0.15) is 24.5 Å². The lowest BCUT2D eigenvalue weighted by atomic mass is 9.97. The molecule has 0 radical (unpaired) electrons. The Kier molecular flexibility index (Phi) is 2.53. The van der Waals surface area contributed by atoms with Gasteiger partial charge in [-0.05, 0) is 19.4 Å². The molecule has 2 aromatic rings. The fourth-order valence-electron chi connectivity index (χ4n) is 2.24. The minimum atomic E-state index is 0.432. The first-order chi connectivity index (χ1) is 7.86. The first-order valence-electron chi connectivity index (χ1n) is 5.54. The Balaban J connectivity index is 2.05. The molecule has 1 N–H and O–H groups in total. The number of aromatic nitrogens is 3. The van der Waals surface area contributed by atoms with Crippen LogP contribution in [0.4, 0.5) is 0 Å². The first kappa shape index (κ1) is 10.1. The van der Waals surface area contributed by atoms with E-state index in [2.05, 4.69) is 15.3 Å². The maximum atomic E-state index is 6.34. The van der Waals surface area contributed by atoms with E-state index >= 15 is 0 Å². The van der Waals surface area contributed by atoms with E-state index < -0.39 is 0 Å². The lowest BCUT2D eigenvalue weighted by Gasteiger charge is -2.21. The average molecular weight is 237 g/mol. The van der Waals surface area contributed by atoms with Gasteiger partial charge in [-0.1, -0.05) is 11.6 Å². The topological polar surface area (TPSA) is 42.2 Å². The van der Waals surface area contributed by atoms with E-state index in [0.29, 0.717) is 5.92 Å². The number of nitrogens with zero attached hydrogens (tertiary/aromatic N) is 3. The summed E-state index contributed by atoms with van der Waals surface area (Å²) in [4.78, 5) is 8.62. The van der Waals surface area contributed by atoms with Crippen LogP contribution in [0.3, 0.4) is 0 Å². The zero-order chi connectivity index (χ0) is 11.0. The van der Waals surface area contributed by atoms with Crippen molar-refractivity contribution in [2.24, 2.45) is 0 Å². The molecule has 0 aliphatic carbocycles. The fourth-order valence-corrected chi connectivity index (χ4v) is 2.58. The highest BCUT2D eigenvalue weighted by molar-refractivity contribution is 6.30. The van der Waals surface area contributed by atoms with Gasteiger partial charge >= 0.3 is 0 Å². The van der Waals surface area contributed by atoms with Gasteiger partial charge in [0.05, 0.1) is 11.9 Å². The van der Waals surface area contributed by atoms with Crippen LogP contribution in [0.2, 0.25) is 5.15 Å². The van der Waals surface area contributed by atoms with Crippen LogP contribution in [0.5, 0.6) is 0 Å². The number of fused-ring (bicyclic) bond motifs is 1. The van der Waals surface area contributed by atoms with Crippen LogP contribution < -0.4 is 5.32 Å². The van der Waals surface area contributed by atoms with Gasteiger partial charge in [0.15, 0.2) is 5.65 Å². The maximum absolute atomic E-state index is 6.34. The second kappa shape index (κ2) is 4.03. The normalized spacial score (nSPS) is 21.4. The van der Waals surface area contributed by atoms with E-state index in [1.54, 1.807) is 12.4 Å². The van der Waals surface area contributed by atoms with Crippen LogP contribution >= 0.6 is 11.6 Å². The van der Waals surface area contributed by atoms with E-state index in [-0.39, 0.29) is 0 Å².